The number of amides is 1. The van der Waals surface area contributed by atoms with Crippen molar-refractivity contribution in [2.75, 3.05) is 6.54 Å². The minimum absolute atomic E-state index is 0.150. The van der Waals surface area contributed by atoms with Crippen LogP contribution in [-0.2, 0) is 4.79 Å². The maximum atomic E-state index is 13.9. The predicted octanol–water partition coefficient (Wildman–Crippen LogP) is 3.19. The molecule has 1 unspecified atom stereocenters. The predicted molar refractivity (Wildman–Crippen MR) is 76.9 cm³/mol. The Morgan fingerprint density at radius 1 is 1.43 bits per heavy atom. The largest absolute Gasteiger partial charge is 0.480 e. The maximum absolute atomic E-state index is 13.9. The summed E-state index contributed by atoms with van der Waals surface area (Å²) < 4.78 is 13.9. The monoisotopic (exact) mass is 313 g/mol. The first-order valence-electron chi connectivity index (χ1n) is 6.73. The van der Waals surface area contributed by atoms with Crippen molar-refractivity contribution in [2.45, 2.75) is 32.7 Å². The Kier molecular flexibility index (Phi) is 4.23. The van der Waals surface area contributed by atoms with Crippen molar-refractivity contribution >= 4 is 23.5 Å². The quantitative estimate of drug-likeness (QED) is 0.912. The maximum Gasteiger partial charge on any atom is 0.326 e. The number of carboxylic acids is 1. The van der Waals surface area contributed by atoms with E-state index < -0.39 is 29.2 Å². The molecule has 1 aromatic carbocycles. The van der Waals surface area contributed by atoms with Crippen LogP contribution in [0.5, 0.6) is 0 Å². The van der Waals surface area contributed by atoms with Gasteiger partial charge in [-0.1, -0.05) is 25.4 Å². The minimum Gasteiger partial charge on any atom is -0.480 e. The van der Waals surface area contributed by atoms with Crippen LogP contribution in [0, 0.1) is 11.2 Å². The van der Waals surface area contributed by atoms with E-state index in [1.165, 1.54) is 17.0 Å². The number of hydrogen-bond donors (Lipinski definition) is 1. The Labute approximate surface area is 127 Å². The zero-order valence-corrected chi connectivity index (χ0v) is 12.7. The van der Waals surface area contributed by atoms with Gasteiger partial charge in [0.2, 0.25) is 0 Å². The third-order valence-corrected chi connectivity index (χ3v) is 4.16. The Hall–Kier alpha value is -1.62. The lowest BCUT2D eigenvalue weighted by Crippen LogP contribution is -2.56. The molecule has 1 N–H and O–H groups in total. The summed E-state index contributed by atoms with van der Waals surface area (Å²) in [6.45, 7) is 3.92. The molecule has 1 heterocycles. The first-order valence-corrected chi connectivity index (χ1v) is 7.10. The highest BCUT2D eigenvalue weighted by molar-refractivity contribution is 6.30. The number of piperidine rings is 1. The lowest BCUT2D eigenvalue weighted by molar-refractivity contribution is -0.148. The van der Waals surface area contributed by atoms with Gasteiger partial charge in [0.15, 0.2) is 0 Å². The standard InChI is InChI=1S/C15H17ClFNO3/c1-15(2)6-3-7-18(12(15)14(20)21)13(19)10-5-4-9(16)8-11(10)17/h4-5,8,12H,3,6-7H2,1-2H3,(H,20,21). The van der Waals surface area contributed by atoms with Gasteiger partial charge in [0.25, 0.3) is 5.91 Å². The van der Waals surface area contributed by atoms with Gasteiger partial charge < -0.3 is 10.0 Å². The fourth-order valence-corrected chi connectivity index (χ4v) is 3.06. The zero-order chi connectivity index (χ0) is 15.8. The van der Waals surface area contributed by atoms with Crippen LogP contribution in [0.15, 0.2) is 18.2 Å². The topological polar surface area (TPSA) is 57.6 Å². The van der Waals surface area contributed by atoms with Gasteiger partial charge >= 0.3 is 5.97 Å². The highest BCUT2D eigenvalue weighted by Crippen LogP contribution is 2.36. The molecule has 0 aliphatic carbocycles. The number of carbonyl (C=O) groups excluding carboxylic acids is 1. The highest BCUT2D eigenvalue weighted by Gasteiger charge is 2.45. The lowest BCUT2D eigenvalue weighted by Gasteiger charge is -2.44. The van der Waals surface area contributed by atoms with E-state index in [1.54, 1.807) is 0 Å². The van der Waals surface area contributed by atoms with E-state index in [0.29, 0.717) is 19.4 Å². The fraction of sp³-hybridized carbons (Fsp3) is 0.467. The van der Waals surface area contributed by atoms with Gasteiger partial charge in [0.05, 0.1) is 5.56 Å². The first kappa shape index (κ1) is 15.8. The number of carbonyl (C=O) groups is 2. The summed E-state index contributed by atoms with van der Waals surface area (Å²) in [5.41, 5.74) is -0.703. The van der Waals surface area contributed by atoms with Crippen LogP contribution in [0.3, 0.4) is 0 Å². The van der Waals surface area contributed by atoms with Gasteiger partial charge in [-0.25, -0.2) is 9.18 Å². The molecule has 1 fully saturated rings. The van der Waals surface area contributed by atoms with Crippen LogP contribution in [0.25, 0.3) is 0 Å². The average Bonchev–Trinajstić information content (AvgIpc) is 2.36. The zero-order valence-electron chi connectivity index (χ0n) is 11.9. The number of hydrogen-bond acceptors (Lipinski definition) is 2. The normalized spacial score (nSPS) is 21.1. The van der Waals surface area contributed by atoms with E-state index in [9.17, 15) is 19.1 Å². The van der Waals surface area contributed by atoms with Gasteiger partial charge in [0, 0.05) is 11.6 Å². The van der Waals surface area contributed by atoms with Crippen LogP contribution in [0.4, 0.5) is 4.39 Å². The molecular weight excluding hydrogens is 297 g/mol. The number of nitrogens with zero attached hydrogens (tertiary/aromatic N) is 1. The molecule has 1 aliphatic heterocycles. The molecule has 114 valence electrons. The second kappa shape index (κ2) is 5.64. The SMILES string of the molecule is CC1(C)CCCN(C(=O)c2ccc(Cl)cc2F)C1C(=O)O. The van der Waals surface area contributed by atoms with E-state index in [2.05, 4.69) is 0 Å². The summed E-state index contributed by atoms with van der Waals surface area (Å²) in [5.74, 6) is -2.41. The van der Waals surface area contributed by atoms with Gasteiger partial charge in [-0.3, -0.25) is 4.79 Å². The summed E-state index contributed by atoms with van der Waals surface area (Å²) >= 11 is 5.67. The molecule has 0 saturated carbocycles. The van der Waals surface area contributed by atoms with Crippen molar-refractivity contribution in [1.29, 1.82) is 0 Å². The van der Waals surface area contributed by atoms with Crippen LogP contribution < -0.4 is 0 Å². The second-order valence-electron chi connectivity index (χ2n) is 5.96. The van der Waals surface area contributed by atoms with E-state index in [4.69, 9.17) is 11.6 Å². The Morgan fingerprint density at radius 2 is 2.10 bits per heavy atom. The van der Waals surface area contributed by atoms with Crippen molar-refractivity contribution < 1.29 is 19.1 Å². The third-order valence-electron chi connectivity index (χ3n) is 3.93. The van der Waals surface area contributed by atoms with Crippen LogP contribution in [0.2, 0.25) is 5.02 Å². The Bertz CT molecular complexity index is 588. The molecule has 4 nitrogen and oxygen atoms in total. The first-order chi connectivity index (χ1) is 9.74. The van der Waals surface area contributed by atoms with Crippen LogP contribution >= 0.6 is 11.6 Å². The molecule has 0 radical (unpaired) electrons. The summed E-state index contributed by atoms with van der Waals surface area (Å²) in [6, 6.07) is 2.80. The Morgan fingerprint density at radius 3 is 2.67 bits per heavy atom. The lowest BCUT2D eigenvalue weighted by atomic mass is 9.76. The molecule has 1 aromatic rings. The molecule has 21 heavy (non-hydrogen) atoms. The van der Waals surface area contributed by atoms with E-state index in [1.807, 2.05) is 13.8 Å². The van der Waals surface area contributed by atoms with E-state index in [-0.39, 0.29) is 10.6 Å². The van der Waals surface area contributed by atoms with Crippen molar-refractivity contribution in [3.05, 3.63) is 34.6 Å². The van der Waals surface area contributed by atoms with Gasteiger partial charge in [-0.05, 0) is 36.5 Å². The smallest absolute Gasteiger partial charge is 0.326 e. The van der Waals surface area contributed by atoms with Crippen molar-refractivity contribution in [3.63, 3.8) is 0 Å². The van der Waals surface area contributed by atoms with Crippen LogP contribution in [0.1, 0.15) is 37.0 Å². The number of halogens is 2. The second-order valence-corrected chi connectivity index (χ2v) is 6.39. The van der Waals surface area contributed by atoms with E-state index in [0.717, 1.165) is 6.07 Å². The molecule has 0 aromatic heterocycles. The molecule has 1 aliphatic rings. The number of aliphatic carboxylic acids is 1. The summed E-state index contributed by atoms with van der Waals surface area (Å²) in [6.07, 6.45) is 1.40. The Balaban J connectivity index is 2.38. The summed E-state index contributed by atoms with van der Waals surface area (Å²) in [5, 5.41) is 9.64. The fourth-order valence-electron chi connectivity index (χ4n) is 2.90. The summed E-state index contributed by atoms with van der Waals surface area (Å²) in [4.78, 5) is 25.3. The number of carboxylic acid groups (broad SMARTS) is 1. The van der Waals surface area contributed by atoms with Gasteiger partial charge in [0.1, 0.15) is 11.9 Å². The van der Waals surface area contributed by atoms with Crippen molar-refractivity contribution in [2.24, 2.45) is 5.41 Å². The molecule has 0 bridgehead atoms. The number of likely N-dealkylation sites (tertiary alicyclic amines) is 1. The molecule has 1 saturated heterocycles. The van der Waals surface area contributed by atoms with Crippen LogP contribution in [-0.4, -0.2) is 34.5 Å². The molecule has 1 atom stereocenters. The van der Waals surface area contributed by atoms with Crippen molar-refractivity contribution in [1.82, 2.24) is 4.90 Å². The highest BCUT2D eigenvalue weighted by atomic mass is 35.5. The minimum atomic E-state index is -1.07. The van der Waals surface area contributed by atoms with Gasteiger partial charge in [-0.15, -0.1) is 0 Å². The van der Waals surface area contributed by atoms with E-state index >= 15 is 0 Å². The molecule has 2 rings (SSSR count). The number of rotatable bonds is 2. The third kappa shape index (κ3) is 3.02. The van der Waals surface area contributed by atoms with Crippen molar-refractivity contribution in [3.8, 4) is 0 Å². The van der Waals surface area contributed by atoms with Gasteiger partial charge in [-0.2, -0.15) is 0 Å². The molecular formula is C15H17ClFNO3. The summed E-state index contributed by atoms with van der Waals surface area (Å²) in [7, 11) is 0. The molecule has 6 heteroatoms. The average molecular weight is 314 g/mol. The molecule has 1 amide bonds. The molecule has 0 spiro atoms. The number of benzene rings is 1.